The first-order chi connectivity index (χ1) is 11.0. The summed E-state index contributed by atoms with van der Waals surface area (Å²) in [6.45, 7) is 0.335. The van der Waals surface area contributed by atoms with E-state index in [1.165, 1.54) is 0 Å². The number of likely N-dealkylation sites (N-methyl/N-ethyl adjacent to an activating group) is 1. The summed E-state index contributed by atoms with van der Waals surface area (Å²) >= 11 is 11.8. The lowest BCUT2D eigenvalue weighted by atomic mass is 10.2. The van der Waals surface area contributed by atoms with Crippen LogP contribution in [0.25, 0.3) is 0 Å². The summed E-state index contributed by atoms with van der Waals surface area (Å²) in [5.41, 5.74) is 0. The average Bonchev–Trinajstić information content (AvgIpc) is 3.00. The van der Waals surface area contributed by atoms with Gasteiger partial charge in [-0.15, -0.1) is 0 Å². The molecule has 5 nitrogen and oxygen atoms in total. The van der Waals surface area contributed by atoms with Gasteiger partial charge in [0.25, 0.3) is 5.91 Å². The van der Waals surface area contributed by atoms with E-state index in [1.807, 2.05) is 26.2 Å². The molecule has 0 aliphatic carbocycles. The minimum atomic E-state index is -0.228. The van der Waals surface area contributed by atoms with Gasteiger partial charge in [0, 0.05) is 5.02 Å². The van der Waals surface area contributed by atoms with Gasteiger partial charge < -0.3 is 19.4 Å². The highest BCUT2D eigenvalue weighted by Crippen LogP contribution is 2.27. The van der Waals surface area contributed by atoms with Crippen molar-refractivity contribution < 1.29 is 18.8 Å². The lowest BCUT2D eigenvalue weighted by Gasteiger charge is -2.19. The van der Waals surface area contributed by atoms with Crippen LogP contribution in [0.3, 0.4) is 0 Å². The first kappa shape index (κ1) is 17.7. The molecule has 1 aromatic heterocycles. The molecule has 0 fully saturated rings. The summed E-state index contributed by atoms with van der Waals surface area (Å²) in [7, 11) is 4.01. The Balaban J connectivity index is 1.84. The highest BCUT2D eigenvalue weighted by Gasteiger charge is 2.21. The monoisotopic (exact) mass is 357 g/mol. The van der Waals surface area contributed by atoms with Gasteiger partial charge in [0.1, 0.15) is 5.75 Å². The van der Waals surface area contributed by atoms with Crippen molar-refractivity contribution in [2.45, 2.75) is 6.04 Å². The standard InChI is InChI=1S/C16H18Cl2N2O3/c1-20(2)13(15-4-3-7-22-15)9-19-16(21)10-23-14-6-5-11(17)8-12(14)18/h3-8,13H,9-10H2,1-2H3,(H,19,21)/p+1/t13-/m0/s1. The second kappa shape index (κ2) is 8.24. The number of carbonyl (C=O) groups is 1. The van der Waals surface area contributed by atoms with Crippen LogP contribution in [0, 0.1) is 0 Å². The Kier molecular flexibility index (Phi) is 6.33. The second-order valence-electron chi connectivity index (χ2n) is 5.31. The van der Waals surface area contributed by atoms with E-state index in [-0.39, 0.29) is 18.6 Å². The van der Waals surface area contributed by atoms with Gasteiger partial charge in [0.2, 0.25) is 0 Å². The maximum atomic E-state index is 11.9. The topological polar surface area (TPSA) is 55.9 Å². The average molecular weight is 358 g/mol. The van der Waals surface area contributed by atoms with E-state index in [0.717, 1.165) is 10.7 Å². The van der Waals surface area contributed by atoms with Gasteiger partial charge in [0.05, 0.1) is 31.9 Å². The number of hydrogen-bond acceptors (Lipinski definition) is 3. The van der Waals surface area contributed by atoms with Crippen molar-refractivity contribution in [3.8, 4) is 5.75 Å². The van der Waals surface area contributed by atoms with Crippen molar-refractivity contribution in [2.75, 3.05) is 27.2 Å². The highest BCUT2D eigenvalue weighted by molar-refractivity contribution is 6.35. The smallest absolute Gasteiger partial charge is 0.258 e. The van der Waals surface area contributed by atoms with Crippen LogP contribution in [0.2, 0.25) is 10.0 Å². The predicted molar refractivity (Wildman–Crippen MR) is 89.2 cm³/mol. The number of halogens is 2. The SMILES string of the molecule is C[NH+](C)[C@@H](CNC(=O)COc1ccc(Cl)cc1Cl)c1ccco1. The van der Waals surface area contributed by atoms with Crippen molar-refractivity contribution in [3.63, 3.8) is 0 Å². The molecule has 0 saturated carbocycles. The number of ether oxygens (including phenoxy) is 1. The van der Waals surface area contributed by atoms with Gasteiger partial charge in [-0.3, -0.25) is 4.79 Å². The van der Waals surface area contributed by atoms with Crippen molar-refractivity contribution in [1.29, 1.82) is 0 Å². The van der Waals surface area contributed by atoms with Crippen LogP contribution in [-0.4, -0.2) is 33.2 Å². The molecule has 0 radical (unpaired) electrons. The van der Waals surface area contributed by atoms with Crippen LogP contribution in [0.5, 0.6) is 5.75 Å². The molecule has 7 heteroatoms. The molecule has 2 rings (SSSR count). The molecule has 0 unspecified atom stereocenters. The molecule has 124 valence electrons. The lowest BCUT2D eigenvalue weighted by Crippen LogP contribution is -3.07. The van der Waals surface area contributed by atoms with Crippen molar-refractivity contribution in [2.24, 2.45) is 0 Å². The van der Waals surface area contributed by atoms with E-state index < -0.39 is 0 Å². The summed E-state index contributed by atoms with van der Waals surface area (Å²) in [4.78, 5) is 13.1. The molecule has 0 aliphatic heterocycles. The maximum absolute atomic E-state index is 11.9. The molecule has 0 aliphatic rings. The number of nitrogens with one attached hydrogen (secondary N) is 2. The molecule has 1 atom stereocenters. The van der Waals surface area contributed by atoms with E-state index in [9.17, 15) is 4.79 Å². The zero-order valence-corrected chi connectivity index (χ0v) is 14.4. The Morgan fingerprint density at radius 3 is 2.74 bits per heavy atom. The van der Waals surface area contributed by atoms with Crippen LogP contribution >= 0.6 is 23.2 Å². The zero-order chi connectivity index (χ0) is 16.8. The van der Waals surface area contributed by atoms with Crippen LogP contribution in [0.15, 0.2) is 41.0 Å². The molecular weight excluding hydrogens is 339 g/mol. The molecule has 1 amide bonds. The summed E-state index contributed by atoms with van der Waals surface area (Å²) in [5.74, 6) is 1.02. The fourth-order valence-electron chi connectivity index (χ4n) is 2.08. The third-order valence-electron chi connectivity index (χ3n) is 3.34. The molecule has 2 N–H and O–H groups in total. The molecule has 23 heavy (non-hydrogen) atoms. The third-order valence-corrected chi connectivity index (χ3v) is 3.87. The maximum Gasteiger partial charge on any atom is 0.258 e. The summed E-state index contributed by atoms with van der Waals surface area (Å²) in [5, 5.41) is 3.73. The number of carbonyl (C=O) groups excluding carboxylic acids is 1. The molecule has 1 heterocycles. The number of benzene rings is 1. The van der Waals surface area contributed by atoms with Gasteiger partial charge in [-0.2, -0.15) is 0 Å². The van der Waals surface area contributed by atoms with Crippen LogP contribution in [-0.2, 0) is 4.79 Å². The van der Waals surface area contributed by atoms with Crippen LogP contribution < -0.4 is 15.0 Å². The summed E-state index contributed by atoms with van der Waals surface area (Å²) < 4.78 is 10.8. The normalized spacial score (nSPS) is 12.2. The lowest BCUT2D eigenvalue weighted by molar-refractivity contribution is -0.891. The molecule has 1 aromatic carbocycles. The van der Waals surface area contributed by atoms with Gasteiger partial charge in [-0.1, -0.05) is 23.2 Å². The van der Waals surface area contributed by atoms with Crippen molar-refractivity contribution in [3.05, 3.63) is 52.4 Å². The quantitative estimate of drug-likeness (QED) is 0.796. The molecule has 0 bridgehead atoms. The number of rotatable bonds is 7. The Labute approximate surface area is 145 Å². The van der Waals surface area contributed by atoms with E-state index in [2.05, 4.69) is 5.32 Å². The van der Waals surface area contributed by atoms with Crippen molar-refractivity contribution >= 4 is 29.1 Å². The Morgan fingerprint density at radius 1 is 1.35 bits per heavy atom. The van der Waals surface area contributed by atoms with Gasteiger partial charge in [-0.25, -0.2) is 0 Å². The Morgan fingerprint density at radius 2 is 2.13 bits per heavy atom. The van der Waals surface area contributed by atoms with E-state index in [1.54, 1.807) is 24.5 Å². The zero-order valence-electron chi connectivity index (χ0n) is 12.9. The van der Waals surface area contributed by atoms with Gasteiger partial charge in [-0.05, 0) is 30.3 Å². The Bertz CT molecular complexity index is 645. The van der Waals surface area contributed by atoms with Crippen LogP contribution in [0.1, 0.15) is 11.8 Å². The number of hydrogen-bond donors (Lipinski definition) is 2. The van der Waals surface area contributed by atoms with Crippen LogP contribution in [0.4, 0.5) is 0 Å². The third kappa shape index (κ3) is 5.16. The Hall–Kier alpha value is -1.69. The minimum absolute atomic E-state index is 0.0352. The van der Waals surface area contributed by atoms with Gasteiger partial charge in [0.15, 0.2) is 18.4 Å². The fourth-order valence-corrected chi connectivity index (χ4v) is 2.54. The minimum Gasteiger partial charge on any atom is -0.482 e. The molecular formula is C16H19Cl2N2O3+. The van der Waals surface area contributed by atoms with Crippen molar-refractivity contribution in [1.82, 2.24) is 5.32 Å². The number of furan rings is 1. The molecule has 0 spiro atoms. The second-order valence-corrected chi connectivity index (χ2v) is 6.16. The number of quaternary nitrogens is 1. The van der Waals surface area contributed by atoms with E-state index in [4.69, 9.17) is 32.4 Å². The first-order valence-electron chi connectivity index (χ1n) is 7.15. The largest absolute Gasteiger partial charge is 0.482 e. The molecule has 0 saturated heterocycles. The predicted octanol–water partition coefficient (Wildman–Crippen LogP) is 1.97. The first-order valence-corrected chi connectivity index (χ1v) is 7.91. The van der Waals surface area contributed by atoms with Gasteiger partial charge >= 0.3 is 0 Å². The van der Waals surface area contributed by atoms with E-state index >= 15 is 0 Å². The number of amides is 1. The molecule has 2 aromatic rings. The summed E-state index contributed by atoms with van der Waals surface area (Å²) in [6, 6.07) is 8.62. The van der Waals surface area contributed by atoms with E-state index in [0.29, 0.717) is 22.3 Å². The highest BCUT2D eigenvalue weighted by atomic mass is 35.5. The fraction of sp³-hybridized carbons (Fsp3) is 0.312. The summed E-state index contributed by atoms with van der Waals surface area (Å²) in [6.07, 6.45) is 1.62.